The van der Waals surface area contributed by atoms with Gasteiger partial charge in [-0.3, -0.25) is 0 Å². The molecule has 0 aromatic rings. The van der Waals surface area contributed by atoms with E-state index in [1.54, 1.807) is 6.08 Å². The minimum absolute atomic E-state index is 0. The average molecular weight is 132 g/mol. The first-order valence-corrected chi connectivity index (χ1v) is 1.55. The first-order valence-electron chi connectivity index (χ1n) is 1.55. The van der Waals surface area contributed by atoms with Gasteiger partial charge in [-0.15, -0.1) is 0 Å². The van der Waals surface area contributed by atoms with Crippen molar-refractivity contribution in [1.29, 1.82) is 0 Å². The largest absolute Gasteiger partial charge is 0.0988 e. The Kier molecular flexibility index (Phi) is 7.81. The van der Waals surface area contributed by atoms with Crippen molar-refractivity contribution < 1.29 is 17.1 Å². The van der Waals surface area contributed by atoms with Crippen LogP contribution < -0.4 is 0 Å². The Labute approximate surface area is 49.4 Å². The van der Waals surface area contributed by atoms with Gasteiger partial charge >= 0.3 is 0 Å². The minimum Gasteiger partial charge on any atom is -0.0988 e. The van der Waals surface area contributed by atoms with Gasteiger partial charge in [0.2, 0.25) is 0 Å². The maximum atomic E-state index is 3.56. The fraction of sp³-hybridized carbons (Fsp3) is 0.200. The van der Waals surface area contributed by atoms with E-state index in [1.165, 1.54) is 0 Å². The third-order valence-corrected chi connectivity index (χ3v) is 0.348. The topological polar surface area (TPSA) is 0 Å². The molecule has 0 amide bonds. The third kappa shape index (κ3) is 9.00. The van der Waals surface area contributed by atoms with Crippen molar-refractivity contribution in [2.45, 2.75) is 6.92 Å². The molecule has 0 aliphatic rings. The van der Waals surface area contributed by atoms with Gasteiger partial charge in [0, 0.05) is 17.1 Å². The first kappa shape index (κ1) is 9.37. The van der Waals surface area contributed by atoms with Crippen LogP contribution in [0.4, 0.5) is 0 Å². The number of hydrogen-bond donors (Lipinski definition) is 0. The van der Waals surface area contributed by atoms with E-state index < -0.39 is 0 Å². The van der Waals surface area contributed by atoms with E-state index in [1.807, 2.05) is 6.92 Å². The van der Waals surface area contributed by atoms with Crippen molar-refractivity contribution in [3.63, 3.8) is 0 Å². The summed E-state index contributed by atoms with van der Waals surface area (Å²) in [5, 5.41) is 0. The smallest absolute Gasteiger partial charge is 0 e. The summed E-state index contributed by atoms with van der Waals surface area (Å²) in [6, 6.07) is 0. The van der Waals surface area contributed by atoms with Crippen LogP contribution in [0.3, 0.4) is 0 Å². The molecular weight excluding hydrogens is 124 g/mol. The quantitative estimate of drug-likeness (QED) is 0.376. The maximum Gasteiger partial charge on any atom is 0 e. The van der Waals surface area contributed by atoms with Crippen molar-refractivity contribution in [3.05, 3.63) is 24.8 Å². The molecule has 0 aromatic heterocycles. The number of rotatable bonds is 1. The van der Waals surface area contributed by atoms with E-state index >= 15 is 0 Å². The molecule has 0 aliphatic heterocycles. The molecule has 0 N–H and O–H groups in total. The monoisotopic (exact) mass is 131 g/mol. The molecule has 1 radical (unpaired) electrons. The van der Waals surface area contributed by atoms with E-state index in [2.05, 4.69) is 13.2 Å². The van der Waals surface area contributed by atoms with Gasteiger partial charge in [0.15, 0.2) is 0 Å². The van der Waals surface area contributed by atoms with Crippen molar-refractivity contribution >= 4 is 0 Å². The second-order valence-electron chi connectivity index (χ2n) is 1.05. The van der Waals surface area contributed by atoms with Crippen LogP contribution in [-0.2, 0) is 17.1 Å². The molecule has 0 saturated heterocycles. The molecule has 0 unspecified atom stereocenters. The molecule has 0 bridgehead atoms. The Morgan fingerprint density at radius 2 is 1.83 bits per heavy atom. The van der Waals surface area contributed by atoms with Crippen LogP contribution >= 0.6 is 0 Å². The molecule has 0 spiro atoms. The van der Waals surface area contributed by atoms with E-state index in [4.69, 9.17) is 0 Å². The molecule has 0 saturated carbocycles. The maximum absolute atomic E-state index is 3.56. The zero-order valence-electron chi connectivity index (χ0n) is 3.79. The molecule has 39 valence electrons. The number of hydrogen-bond acceptors (Lipinski definition) is 0. The van der Waals surface area contributed by atoms with Gasteiger partial charge in [0.1, 0.15) is 0 Å². The molecule has 0 aromatic carbocycles. The molecular formula is C5H8Cu. The van der Waals surface area contributed by atoms with Crippen LogP contribution in [0.1, 0.15) is 6.92 Å². The fourth-order valence-corrected chi connectivity index (χ4v) is 0. The summed E-state index contributed by atoms with van der Waals surface area (Å²) in [5.41, 5.74) is 1.02. The number of allylic oxidation sites excluding steroid dienone is 2. The second-order valence-corrected chi connectivity index (χ2v) is 1.05. The van der Waals surface area contributed by atoms with Crippen LogP contribution in [0.5, 0.6) is 0 Å². The van der Waals surface area contributed by atoms with Crippen LogP contribution in [-0.4, -0.2) is 0 Å². The van der Waals surface area contributed by atoms with Gasteiger partial charge in [-0.05, 0) is 6.92 Å². The standard InChI is InChI=1S/C5H8.Cu/c1-4-5(2)3;/h4H,1-2H2,3H3;. The Hall–Kier alpha value is -0.000519. The zero-order chi connectivity index (χ0) is 4.28. The van der Waals surface area contributed by atoms with Gasteiger partial charge in [-0.1, -0.05) is 24.8 Å². The van der Waals surface area contributed by atoms with Gasteiger partial charge in [0.05, 0.1) is 0 Å². The molecule has 0 nitrogen and oxygen atoms in total. The first-order chi connectivity index (χ1) is 2.27. The molecule has 0 aliphatic carbocycles. The Morgan fingerprint density at radius 1 is 1.67 bits per heavy atom. The van der Waals surface area contributed by atoms with Crippen LogP contribution in [0.25, 0.3) is 0 Å². The van der Waals surface area contributed by atoms with E-state index in [-0.39, 0.29) is 17.1 Å². The fourth-order valence-electron chi connectivity index (χ4n) is 0. The van der Waals surface area contributed by atoms with Crippen LogP contribution in [0, 0.1) is 0 Å². The molecule has 0 heterocycles. The second kappa shape index (κ2) is 5.00. The summed E-state index contributed by atoms with van der Waals surface area (Å²) >= 11 is 0. The average Bonchev–Trinajstić information content (AvgIpc) is 1.38. The molecule has 0 atom stereocenters. The molecule has 1 heteroatoms. The Morgan fingerprint density at radius 3 is 1.83 bits per heavy atom. The predicted molar refractivity (Wildman–Crippen MR) is 25.0 cm³/mol. The Bertz CT molecular complexity index is 55.0. The molecule has 0 rings (SSSR count). The summed E-state index contributed by atoms with van der Waals surface area (Å²) in [7, 11) is 0. The summed E-state index contributed by atoms with van der Waals surface area (Å²) in [4.78, 5) is 0. The van der Waals surface area contributed by atoms with Crippen molar-refractivity contribution in [2.24, 2.45) is 0 Å². The van der Waals surface area contributed by atoms with Crippen molar-refractivity contribution in [1.82, 2.24) is 0 Å². The zero-order valence-corrected chi connectivity index (χ0v) is 4.73. The summed E-state index contributed by atoms with van der Waals surface area (Å²) < 4.78 is 0. The summed E-state index contributed by atoms with van der Waals surface area (Å²) in [5.74, 6) is 0. The van der Waals surface area contributed by atoms with Gasteiger partial charge < -0.3 is 0 Å². The van der Waals surface area contributed by atoms with Crippen LogP contribution in [0.15, 0.2) is 24.8 Å². The van der Waals surface area contributed by atoms with E-state index in [0.717, 1.165) is 5.57 Å². The summed E-state index contributed by atoms with van der Waals surface area (Å²) in [6.07, 6.45) is 1.72. The van der Waals surface area contributed by atoms with E-state index in [0.29, 0.717) is 0 Å². The SMILES string of the molecule is C=CC(=C)C.[Cu]. The van der Waals surface area contributed by atoms with Gasteiger partial charge in [0.25, 0.3) is 0 Å². The summed E-state index contributed by atoms with van der Waals surface area (Å²) in [6.45, 7) is 8.93. The molecule has 6 heavy (non-hydrogen) atoms. The van der Waals surface area contributed by atoms with Crippen molar-refractivity contribution in [3.8, 4) is 0 Å². The third-order valence-electron chi connectivity index (χ3n) is 0.348. The van der Waals surface area contributed by atoms with Gasteiger partial charge in [-0.25, -0.2) is 0 Å². The molecule has 0 fully saturated rings. The van der Waals surface area contributed by atoms with Gasteiger partial charge in [-0.2, -0.15) is 0 Å². The Balaban J connectivity index is 0. The van der Waals surface area contributed by atoms with Crippen molar-refractivity contribution in [2.75, 3.05) is 0 Å². The normalized spacial score (nSPS) is 5.50. The van der Waals surface area contributed by atoms with Crippen LogP contribution in [0.2, 0.25) is 0 Å². The van der Waals surface area contributed by atoms with E-state index in [9.17, 15) is 0 Å². The minimum atomic E-state index is 0. The predicted octanol–water partition coefficient (Wildman–Crippen LogP) is 1.75.